The van der Waals surface area contributed by atoms with Crippen molar-refractivity contribution in [3.05, 3.63) is 0 Å². The molecule has 0 saturated carbocycles. The molecule has 1 atom stereocenters. The number of rotatable bonds is 10. The second-order valence-corrected chi connectivity index (χ2v) is 12.0. The van der Waals surface area contributed by atoms with Gasteiger partial charge in [-0.1, -0.05) is 20.8 Å². The average molecular weight is 333 g/mol. The van der Waals surface area contributed by atoms with Gasteiger partial charge in [-0.25, -0.2) is 0 Å². The van der Waals surface area contributed by atoms with Gasteiger partial charge in [-0.2, -0.15) is 0 Å². The van der Waals surface area contributed by atoms with Crippen molar-refractivity contribution in [1.29, 1.82) is 0 Å². The summed E-state index contributed by atoms with van der Waals surface area (Å²) in [6.07, 6.45) is 0. The maximum absolute atomic E-state index is 12.1. The molecule has 0 N–H and O–H groups in total. The third kappa shape index (κ3) is 6.80. The van der Waals surface area contributed by atoms with Crippen LogP contribution >= 0.6 is 0 Å². The van der Waals surface area contributed by atoms with Gasteiger partial charge in [0, 0.05) is 6.61 Å². The fourth-order valence-electron chi connectivity index (χ4n) is 2.34. The third-order valence-electron chi connectivity index (χ3n) is 4.13. The summed E-state index contributed by atoms with van der Waals surface area (Å²) in [7, 11) is -1.79. The Morgan fingerprint density at radius 2 is 1.41 bits per heavy atom. The van der Waals surface area contributed by atoms with Crippen molar-refractivity contribution in [3.8, 4) is 0 Å². The molecule has 0 radical (unpaired) electrons. The Bertz CT molecular complexity index is 326. The van der Waals surface area contributed by atoms with Crippen LogP contribution in [0.15, 0.2) is 0 Å². The van der Waals surface area contributed by atoms with Gasteiger partial charge < -0.3 is 13.9 Å². The van der Waals surface area contributed by atoms with Crippen LogP contribution in [0.4, 0.5) is 0 Å². The molecule has 0 aromatic carbocycles. The van der Waals surface area contributed by atoms with Gasteiger partial charge in [-0.05, 0) is 52.8 Å². The summed E-state index contributed by atoms with van der Waals surface area (Å²) in [6.45, 7) is 17.5. The second-order valence-electron chi connectivity index (χ2n) is 7.26. The number of esters is 1. The first-order valence-corrected chi connectivity index (χ1v) is 11.1. The molecule has 0 aromatic heterocycles. The van der Waals surface area contributed by atoms with Crippen molar-refractivity contribution in [2.24, 2.45) is 5.41 Å². The van der Waals surface area contributed by atoms with Crippen molar-refractivity contribution in [2.45, 2.75) is 79.1 Å². The SMILES string of the molecule is CCOC[C@@](C)(COC(=O)C(C)(C)C)O[Si](CC)(CC)CC. The molecule has 0 rings (SSSR count). The molecule has 4 nitrogen and oxygen atoms in total. The summed E-state index contributed by atoms with van der Waals surface area (Å²) in [5.74, 6) is -0.199. The monoisotopic (exact) mass is 332 g/mol. The lowest BCUT2D eigenvalue weighted by Crippen LogP contribution is -2.51. The minimum absolute atomic E-state index is 0.199. The van der Waals surface area contributed by atoms with Crippen LogP contribution in [0.3, 0.4) is 0 Å². The van der Waals surface area contributed by atoms with Gasteiger partial charge in [-0.3, -0.25) is 4.79 Å². The standard InChI is InChI=1S/C17H36O4Si/c1-9-19-13-17(8,14-20-15(18)16(5,6)7)21-22(10-2,11-3)12-4/h9-14H2,1-8H3/t17-/m0/s1. The molecule has 0 amide bonds. The van der Waals surface area contributed by atoms with Gasteiger partial charge in [0.1, 0.15) is 12.2 Å². The third-order valence-corrected chi connectivity index (χ3v) is 8.92. The van der Waals surface area contributed by atoms with Crippen molar-refractivity contribution >= 4 is 14.3 Å². The van der Waals surface area contributed by atoms with E-state index in [4.69, 9.17) is 13.9 Å². The molecule has 0 saturated heterocycles. The Balaban J connectivity index is 5.02. The quantitative estimate of drug-likeness (QED) is 0.439. The Morgan fingerprint density at radius 1 is 0.909 bits per heavy atom. The number of carbonyl (C=O) groups is 1. The highest BCUT2D eigenvalue weighted by Crippen LogP contribution is 2.29. The van der Waals surface area contributed by atoms with Gasteiger partial charge in [-0.15, -0.1) is 0 Å². The van der Waals surface area contributed by atoms with Crippen molar-refractivity contribution < 1.29 is 18.7 Å². The van der Waals surface area contributed by atoms with Crippen LogP contribution in [0.2, 0.25) is 18.1 Å². The number of ether oxygens (including phenoxy) is 2. The Hall–Kier alpha value is -0.393. The van der Waals surface area contributed by atoms with Gasteiger partial charge in [0.2, 0.25) is 0 Å². The zero-order chi connectivity index (χ0) is 17.4. The van der Waals surface area contributed by atoms with Gasteiger partial charge >= 0.3 is 5.97 Å². The first-order chi connectivity index (χ1) is 10.1. The van der Waals surface area contributed by atoms with Crippen LogP contribution in [0, 0.1) is 5.41 Å². The lowest BCUT2D eigenvalue weighted by atomic mass is 9.97. The Morgan fingerprint density at radius 3 is 1.77 bits per heavy atom. The largest absolute Gasteiger partial charge is 0.462 e. The molecule has 22 heavy (non-hydrogen) atoms. The van der Waals surface area contributed by atoms with E-state index in [1.54, 1.807) is 0 Å². The summed E-state index contributed by atoms with van der Waals surface area (Å²) < 4.78 is 17.7. The van der Waals surface area contributed by atoms with E-state index in [0.29, 0.717) is 13.2 Å². The molecule has 0 fully saturated rings. The molecule has 0 spiro atoms. The molecule has 0 aliphatic heterocycles. The first kappa shape index (κ1) is 21.6. The normalized spacial score (nSPS) is 15.5. The molecule has 0 aliphatic rings. The predicted molar refractivity (Wildman–Crippen MR) is 93.6 cm³/mol. The minimum Gasteiger partial charge on any atom is -0.462 e. The molecule has 0 bridgehead atoms. The zero-order valence-electron chi connectivity index (χ0n) is 15.9. The topological polar surface area (TPSA) is 44.8 Å². The van der Waals surface area contributed by atoms with Crippen LogP contribution in [-0.4, -0.2) is 39.7 Å². The number of hydrogen-bond acceptors (Lipinski definition) is 4. The van der Waals surface area contributed by atoms with E-state index < -0.39 is 19.3 Å². The van der Waals surface area contributed by atoms with Gasteiger partial charge in [0.05, 0.1) is 12.0 Å². The van der Waals surface area contributed by atoms with E-state index in [0.717, 1.165) is 18.1 Å². The van der Waals surface area contributed by atoms with Crippen LogP contribution in [0.5, 0.6) is 0 Å². The van der Waals surface area contributed by atoms with E-state index in [-0.39, 0.29) is 12.6 Å². The van der Waals surface area contributed by atoms with Crippen LogP contribution in [-0.2, 0) is 18.7 Å². The summed E-state index contributed by atoms with van der Waals surface area (Å²) in [4.78, 5) is 12.1. The van der Waals surface area contributed by atoms with E-state index >= 15 is 0 Å². The number of carbonyl (C=O) groups excluding carboxylic acids is 1. The maximum Gasteiger partial charge on any atom is 0.311 e. The first-order valence-electron chi connectivity index (χ1n) is 8.53. The lowest BCUT2D eigenvalue weighted by Gasteiger charge is -2.40. The van der Waals surface area contributed by atoms with Crippen molar-refractivity contribution in [3.63, 3.8) is 0 Å². The van der Waals surface area contributed by atoms with Crippen LogP contribution in [0.1, 0.15) is 55.4 Å². The average Bonchev–Trinajstić information content (AvgIpc) is 2.48. The smallest absolute Gasteiger partial charge is 0.311 e. The second kappa shape index (κ2) is 9.04. The summed E-state index contributed by atoms with van der Waals surface area (Å²) in [6, 6.07) is 3.19. The fourth-order valence-corrected chi connectivity index (χ4v) is 5.44. The van der Waals surface area contributed by atoms with Crippen molar-refractivity contribution in [2.75, 3.05) is 19.8 Å². The van der Waals surface area contributed by atoms with Crippen LogP contribution in [0.25, 0.3) is 0 Å². The maximum atomic E-state index is 12.1. The van der Waals surface area contributed by atoms with E-state index in [2.05, 4.69) is 20.8 Å². The molecule has 0 heterocycles. The molecule has 5 heteroatoms. The molecular weight excluding hydrogens is 296 g/mol. The Kier molecular flexibility index (Phi) is 8.88. The summed E-state index contributed by atoms with van der Waals surface area (Å²) in [5.41, 5.74) is -1.06. The van der Waals surface area contributed by atoms with E-state index in [1.165, 1.54) is 0 Å². The highest BCUT2D eigenvalue weighted by molar-refractivity contribution is 6.73. The lowest BCUT2D eigenvalue weighted by molar-refractivity contribution is -0.161. The molecule has 132 valence electrons. The highest BCUT2D eigenvalue weighted by Gasteiger charge is 2.39. The number of hydrogen-bond donors (Lipinski definition) is 0. The van der Waals surface area contributed by atoms with Gasteiger partial charge in [0.25, 0.3) is 0 Å². The fraction of sp³-hybridized carbons (Fsp3) is 0.941. The van der Waals surface area contributed by atoms with Crippen molar-refractivity contribution in [1.82, 2.24) is 0 Å². The van der Waals surface area contributed by atoms with E-state index in [9.17, 15) is 4.79 Å². The van der Waals surface area contributed by atoms with E-state index in [1.807, 2.05) is 34.6 Å². The summed E-state index contributed by atoms with van der Waals surface area (Å²) >= 11 is 0. The van der Waals surface area contributed by atoms with Crippen LogP contribution < -0.4 is 0 Å². The summed E-state index contributed by atoms with van der Waals surface area (Å²) in [5, 5.41) is 0. The molecule has 0 unspecified atom stereocenters. The zero-order valence-corrected chi connectivity index (χ0v) is 16.9. The molecule has 0 aliphatic carbocycles. The Labute approximate surface area is 138 Å². The molecule has 0 aromatic rings. The minimum atomic E-state index is -1.79. The van der Waals surface area contributed by atoms with Gasteiger partial charge in [0.15, 0.2) is 8.32 Å². The predicted octanol–water partition coefficient (Wildman–Crippen LogP) is 4.39. The highest BCUT2D eigenvalue weighted by atomic mass is 28.4. The molecular formula is C17H36O4Si.